The van der Waals surface area contributed by atoms with Gasteiger partial charge in [0.1, 0.15) is 5.15 Å². The van der Waals surface area contributed by atoms with E-state index in [9.17, 15) is 8.42 Å². The summed E-state index contributed by atoms with van der Waals surface area (Å²) in [5.74, 6) is 0.981. The molecule has 9 heteroatoms. The molecule has 0 saturated heterocycles. The van der Waals surface area contributed by atoms with E-state index < -0.39 is 16.1 Å². The van der Waals surface area contributed by atoms with Gasteiger partial charge in [-0.1, -0.05) is 41.9 Å². The van der Waals surface area contributed by atoms with E-state index in [1.165, 1.54) is 23.5 Å². The van der Waals surface area contributed by atoms with Crippen LogP contribution in [0.25, 0.3) is 10.1 Å². The number of halogens is 1. The predicted octanol–water partition coefficient (Wildman–Crippen LogP) is 5.18. The van der Waals surface area contributed by atoms with E-state index in [1.54, 1.807) is 12.3 Å². The Morgan fingerprint density at radius 1 is 1.00 bits per heavy atom. The second-order valence-electron chi connectivity index (χ2n) is 7.29. The molecule has 5 rings (SSSR count). The highest BCUT2D eigenvalue weighted by Gasteiger charge is 2.26. The van der Waals surface area contributed by atoms with Crippen LogP contribution in [0.15, 0.2) is 71.8 Å². The van der Waals surface area contributed by atoms with Crippen LogP contribution in [0.2, 0.25) is 5.15 Å². The lowest BCUT2D eigenvalue weighted by Crippen LogP contribution is -2.29. The zero-order valence-electron chi connectivity index (χ0n) is 16.8. The zero-order valence-corrected chi connectivity index (χ0v) is 19.2. The third kappa shape index (κ3) is 4.19. The molecule has 2 aromatic carbocycles. The van der Waals surface area contributed by atoms with Crippen LogP contribution in [0.3, 0.4) is 0 Å². The summed E-state index contributed by atoms with van der Waals surface area (Å²) < 4.78 is 41.8. The van der Waals surface area contributed by atoms with Gasteiger partial charge in [-0.15, -0.1) is 11.3 Å². The monoisotopic (exact) mass is 486 g/mol. The normalized spacial score (nSPS) is 14.8. The third-order valence-electron chi connectivity index (χ3n) is 5.13. The topological polar surface area (TPSA) is 77.5 Å². The number of pyridine rings is 1. The minimum Gasteiger partial charge on any atom is -0.490 e. The standard InChI is InChI=1S/C23H19ClN2O4S2/c24-23-22-16(9-10-25-23)13-20(31-22)21(15-5-2-1-3-6-15)26-32(27,28)17-7-8-18-19(14-17)30-12-4-11-29-18/h1-3,5-10,13-14,21,26H,4,11-12H2. The number of aromatic nitrogens is 1. The van der Waals surface area contributed by atoms with Gasteiger partial charge in [-0.3, -0.25) is 0 Å². The Labute approximate surface area is 194 Å². The quantitative estimate of drug-likeness (QED) is 0.393. The molecule has 3 heterocycles. The van der Waals surface area contributed by atoms with Crippen molar-refractivity contribution in [3.63, 3.8) is 0 Å². The molecule has 1 unspecified atom stereocenters. The molecular formula is C23H19ClN2O4S2. The Balaban J connectivity index is 1.55. The molecule has 2 aromatic heterocycles. The molecule has 0 saturated carbocycles. The van der Waals surface area contributed by atoms with Crippen molar-refractivity contribution in [1.82, 2.24) is 9.71 Å². The lowest BCUT2D eigenvalue weighted by atomic mass is 10.1. The second-order valence-corrected chi connectivity index (χ2v) is 10.4. The summed E-state index contributed by atoms with van der Waals surface area (Å²) in [6.07, 6.45) is 2.38. The van der Waals surface area contributed by atoms with E-state index in [0.29, 0.717) is 29.9 Å². The number of thiophene rings is 1. The van der Waals surface area contributed by atoms with Crippen molar-refractivity contribution in [2.24, 2.45) is 0 Å². The summed E-state index contributed by atoms with van der Waals surface area (Å²) in [6, 6.07) is 17.3. The van der Waals surface area contributed by atoms with Crippen LogP contribution >= 0.6 is 22.9 Å². The van der Waals surface area contributed by atoms with Crippen LogP contribution < -0.4 is 14.2 Å². The highest BCUT2D eigenvalue weighted by molar-refractivity contribution is 7.89. The zero-order chi connectivity index (χ0) is 22.1. The molecule has 0 spiro atoms. The van der Waals surface area contributed by atoms with Crippen molar-refractivity contribution in [1.29, 1.82) is 0 Å². The van der Waals surface area contributed by atoms with Gasteiger partial charge in [0.25, 0.3) is 0 Å². The summed E-state index contributed by atoms with van der Waals surface area (Å²) in [5, 5.41) is 1.32. The molecule has 0 bridgehead atoms. The van der Waals surface area contributed by atoms with Gasteiger partial charge in [-0.25, -0.2) is 13.4 Å². The van der Waals surface area contributed by atoms with Crippen molar-refractivity contribution in [2.75, 3.05) is 13.2 Å². The van der Waals surface area contributed by atoms with Gasteiger partial charge in [-0.05, 0) is 35.2 Å². The van der Waals surface area contributed by atoms with Crippen LogP contribution in [0.1, 0.15) is 22.9 Å². The largest absolute Gasteiger partial charge is 0.490 e. The number of nitrogens with one attached hydrogen (secondary N) is 1. The molecule has 0 amide bonds. The fourth-order valence-corrected chi connectivity index (χ4v) is 6.25. The molecular weight excluding hydrogens is 468 g/mol. The Hall–Kier alpha value is -2.65. The van der Waals surface area contributed by atoms with E-state index in [2.05, 4.69) is 9.71 Å². The lowest BCUT2D eigenvalue weighted by molar-refractivity contribution is 0.297. The van der Waals surface area contributed by atoms with Gasteiger partial charge in [0.2, 0.25) is 10.0 Å². The summed E-state index contributed by atoms with van der Waals surface area (Å²) in [4.78, 5) is 5.07. The maximum absolute atomic E-state index is 13.4. The van der Waals surface area contributed by atoms with Crippen LogP contribution in [0.4, 0.5) is 0 Å². The SMILES string of the molecule is O=S(=O)(NC(c1ccccc1)c1cc2ccnc(Cl)c2s1)c1ccc2c(c1)OCCCO2. The Bertz CT molecular complexity index is 1370. The highest BCUT2D eigenvalue weighted by atomic mass is 35.5. The van der Waals surface area contributed by atoms with E-state index in [-0.39, 0.29) is 4.90 Å². The predicted molar refractivity (Wildman–Crippen MR) is 125 cm³/mol. The molecule has 1 N–H and O–H groups in total. The first-order chi connectivity index (χ1) is 15.5. The summed E-state index contributed by atoms with van der Waals surface area (Å²) in [5.41, 5.74) is 0.820. The van der Waals surface area contributed by atoms with Crippen LogP contribution in [-0.4, -0.2) is 26.6 Å². The van der Waals surface area contributed by atoms with Crippen LogP contribution in [0, 0.1) is 0 Å². The fraction of sp³-hybridized carbons (Fsp3) is 0.174. The smallest absolute Gasteiger partial charge is 0.241 e. The summed E-state index contributed by atoms with van der Waals surface area (Å²) in [6.45, 7) is 1.02. The van der Waals surface area contributed by atoms with Crippen molar-refractivity contribution in [2.45, 2.75) is 17.4 Å². The molecule has 164 valence electrons. The van der Waals surface area contributed by atoms with E-state index in [1.807, 2.05) is 42.5 Å². The summed E-state index contributed by atoms with van der Waals surface area (Å²) in [7, 11) is -3.88. The Kier molecular flexibility index (Phi) is 5.77. The Morgan fingerprint density at radius 3 is 2.56 bits per heavy atom. The van der Waals surface area contributed by atoms with Gasteiger partial charge in [0, 0.05) is 23.6 Å². The molecule has 32 heavy (non-hydrogen) atoms. The third-order valence-corrected chi connectivity index (χ3v) is 8.17. The average molecular weight is 487 g/mol. The number of sulfonamides is 1. The molecule has 6 nitrogen and oxygen atoms in total. The molecule has 1 aliphatic heterocycles. The highest BCUT2D eigenvalue weighted by Crippen LogP contribution is 2.37. The second kappa shape index (κ2) is 8.71. The van der Waals surface area contributed by atoms with Gasteiger partial charge in [-0.2, -0.15) is 4.72 Å². The first kappa shape index (κ1) is 21.2. The lowest BCUT2D eigenvalue weighted by Gasteiger charge is -2.19. The number of ether oxygens (including phenoxy) is 2. The molecule has 4 aromatic rings. The van der Waals surface area contributed by atoms with Gasteiger partial charge in [0.05, 0.1) is 28.9 Å². The van der Waals surface area contributed by atoms with Crippen LogP contribution in [0.5, 0.6) is 11.5 Å². The number of rotatable bonds is 5. The molecule has 0 radical (unpaired) electrons. The van der Waals surface area contributed by atoms with Crippen LogP contribution in [-0.2, 0) is 10.0 Å². The minimum atomic E-state index is -3.88. The van der Waals surface area contributed by atoms with E-state index in [4.69, 9.17) is 21.1 Å². The van der Waals surface area contributed by atoms with E-state index in [0.717, 1.165) is 26.9 Å². The molecule has 1 aliphatic rings. The number of benzene rings is 2. The number of hydrogen-bond donors (Lipinski definition) is 1. The molecule has 1 atom stereocenters. The number of hydrogen-bond acceptors (Lipinski definition) is 6. The molecule has 0 fully saturated rings. The van der Waals surface area contributed by atoms with Gasteiger partial charge < -0.3 is 9.47 Å². The first-order valence-corrected chi connectivity index (χ1v) is 12.7. The Morgan fingerprint density at radius 2 is 1.78 bits per heavy atom. The van der Waals surface area contributed by atoms with E-state index >= 15 is 0 Å². The van der Waals surface area contributed by atoms with Crippen molar-refractivity contribution < 1.29 is 17.9 Å². The maximum Gasteiger partial charge on any atom is 0.241 e. The minimum absolute atomic E-state index is 0.114. The maximum atomic E-state index is 13.4. The van der Waals surface area contributed by atoms with Gasteiger partial charge in [0.15, 0.2) is 11.5 Å². The summed E-state index contributed by atoms with van der Waals surface area (Å²) >= 11 is 7.69. The number of fused-ring (bicyclic) bond motifs is 2. The number of nitrogens with zero attached hydrogens (tertiary/aromatic N) is 1. The fourth-order valence-electron chi connectivity index (χ4n) is 3.56. The van der Waals surface area contributed by atoms with Crippen molar-refractivity contribution >= 4 is 43.0 Å². The van der Waals surface area contributed by atoms with Crippen molar-refractivity contribution in [3.05, 3.63) is 82.5 Å². The van der Waals surface area contributed by atoms with Crippen molar-refractivity contribution in [3.8, 4) is 11.5 Å². The van der Waals surface area contributed by atoms with Gasteiger partial charge >= 0.3 is 0 Å². The molecule has 0 aliphatic carbocycles. The average Bonchev–Trinajstić information content (AvgIpc) is 3.10. The first-order valence-electron chi connectivity index (χ1n) is 10.0.